The maximum Gasteiger partial charge on any atom is 0.220 e. The van der Waals surface area contributed by atoms with Gasteiger partial charge in [-0.25, -0.2) is 0 Å². The van der Waals surface area contributed by atoms with E-state index < -0.39 is 5.54 Å². The van der Waals surface area contributed by atoms with E-state index in [1.807, 2.05) is 24.3 Å². The first-order valence-corrected chi connectivity index (χ1v) is 13.4. The van der Waals surface area contributed by atoms with E-state index >= 15 is 0 Å². The van der Waals surface area contributed by atoms with Crippen LogP contribution in [0.1, 0.15) is 29.5 Å². The number of methoxy groups -OCH3 is 1. The lowest BCUT2D eigenvalue weighted by atomic mass is 9.77. The zero-order chi connectivity index (χ0) is 26.2. The van der Waals surface area contributed by atoms with E-state index in [-0.39, 0.29) is 5.91 Å². The smallest absolute Gasteiger partial charge is 0.220 e. The SMILES string of the molecule is COc1ccc(C(NCCOCCOCCNC(=O)CCCS)(c2ccccc2)c2ccccc2)cc1. The molecule has 7 heteroatoms. The number of hydrogen-bond acceptors (Lipinski definition) is 6. The maximum absolute atomic E-state index is 11.6. The van der Waals surface area contributed by atoms with Crippen molar-refractivity contribution in [1.82, 2.24) is 10.6 Å². The van der Waals surface area contributed by atoms with Crippen LogP contribution < -0.4 is 15.4 Å². The van der Waals surface area contributed by atoms with Crippen LogP contribution in [0.25, 0.3) is 0 Å². The summed E-state index contributed by atoms with van der Waals surface area (Å²) in [6.07, 6.45) is 1.29. The normalized spacial score (nSPS) is 11.3. The van der Waals surface area contributed by atoms with Crippen molar-refractivity contribution in [2.24, 2.45) is 0 Å². The first-order chi connectivity index (χ1) is 18.2. The van der Waals surface area contributed by atoms with Gasteiger partial charge in [-0.3, -0.25) is 10.1 Å². The summed E-state index contributed by atoms with van der Waals surface area (Å²) in [4.78, 5) is 11.6. The molecule has 0 aliphatic heterocycles. The third-order valence-corrected chi connectivity index (χ3v) is 6.39. The van der Waals surface area contributed by atoms with Crippen molar-refractivity contribution < 1.29 is 19.0 Å². The Morgan fingerprint density at radius 3 is 1.84 bits per heavy atom. The van der Waals surface area contributed by atoms with Crippen molar-refractivity contribution in [3.63, 3.8) is 0 Å². The van der Waals surface area contributed by atoms with Gasteiger partial charge >= 0.3 is 0 Å². The minimum absolute atomic E-state index is 0.0390. The topological polar surface area (TPSA) is 68.8 Å². The summed E-state index contributed by atoms with van der Waals surface area (Å²) in [5.41, 5.74) is 2.85. The molecule has 0 spiro atoms. The van der Waals surface area contributed by atoms with Crippen LogP contribution in [0.15, 0.2) is 84.9 Å². The highest BCUT2D eigenvalue weighted by atomic mass is 32.1. The van der Waals surface area contributed by atoms with E-state index in [1.165, 1.54) is 0 Å². The van der Waals surface area contributed by atoms with Gasteiger partial charge in [0.15, 0.2) is 0 Å². The van der Waals surface area contributed by atoms with Crippen LogP contribution in [0.4, 0.5) is 0 Å². The molecule has 0 saturated carbocycles. The monoisotopic (exact) mass is 522 g/mol. The Balaban J connectivity index is 1.58. The second-order valence-electron chi connectivity index (χ2n) is 8.54. The Morgan fingerprint density at radius 1 is 0.757 bits per heavy atom. The summed E-state index contributed by atoms with van der Waals surface area (Å²) in [5, 5.41) is 6.64. The quantitative estimate of drug-likeness (QED) is 0.139. The number of nitrogens with one attached hydrogen (secondary N) is 2. The number of hydrogen-bond donors (Lipinski definition) is 3. The van der Waals surface area contributed by atoms with Crippen molar-refractivity contribution in [3.05, 3.63) is 102 Å². The van der Waals surface area contributed by atoms with E-state index in [0.717, 1.165) is 28.9 Å². The van der Waals surface area contributed by atoms with Crippen LogP contribution in [0.5, 0.6) is 5.75 Å². The molecule has 0 bridgehead atoms. The third kappa shape index (κ3) is 8.61. The fourth-order valence-corrected chi connectivity index (χ4v) is 4.40. The number of amides is 1. The lowest BCUT2D eigenvalue weighted by Gasteiger charge is -2.37. The molecular formula is C30H38N2O4S. The molecule has 0 aliphatic carbocycles. The highest BCUT2D eigenvalue weighted by Crippen LogP contribution is 2.37. The average Bonchev–Trinajstić information content (AvgIpc) is 2.96. The number of carbonyl (C=O) groups is 1. The van der Waals surface area contributed by atoms with Crippen molar-refractivity contribution in [3.8, 4) is 5.75 Å². The van der Waals surface area contributed by atoms with Gasteiger partial charge in [-0.1, -0.05) is 72.8 Å². The van der Waals surface area contributed by atoms with Gasteiger partial charge in [0, 0.05) is 19.5 Å². The Bertz CT molecular complexity index is 993. The van der Waals surface area contributed by atoms with Crippen LogP contribution in [0.3, 0.4) is 0 Å². The molecule has 3 rings (SSSR count). The second-order valence-corrected chi connectivity index (χ2v) is 8.99. The fraction of sp³-hybridized carbons (Fsp3) is 0.367. The summed E-state index contributed by atoms with van der Waals surface area (Å²) in [6.45, 7) is 3.11. The van der Waals surface area contributed by atoms with Gasteiger partial charge in [-0.2, -0.15) is 12.6 Å². The van der Waals surface area contributed by atoms with Crippen molar-refractivity contribution in [2.75, 3.05) is 52.4 Å². The molecule has 0 aromatic heterocycles. The Morgan fingerprint density at radius 2 is 1.30 bits per heavy atom. The molecule has 198 valence electrons. The number of thiol groups is 1. The van der Waals surface area contributed by atoms with Gasteiger partial charge in [0.1, 0.15) is 5.75 Å². The minimum atomic E-state index is -0.556. The molecule has 0 unspecified atom stereocenters. The summed E-state index contributed by atoms with van der Waals surface area (Å²) in [7, 11) is 1.68. The van der Waals surface area contributed by atoms with E-state index in [2.05, 4.69) is 83.9 Å². The van der Waals surface area contributed by atoms with Crippen molar-refractivity contribution in [2.45, 2.75) is 18.4 Å². The van der Waals surface area contributed by atoms with E-state index in [1.54, 1.807) is 7.11 Å². The van der Waals surface area contributed by atoms with E-state index in [9.17, 15) is 4.79 Å². The van der Waals surface area contributed by atoms with Gasteiger partial charge in [-0.05, 0) is 41.0 Å². The lowest BCUT2D eigenvalue weighted by molar-refractivity contribution is -0.121. The fourth-order valence-electron chi connectivity index (χ4n) is 4.25. The highest BCUT2D eigenvalue weighted by Gasteiger charge is 2.35. The molecule has 0 saturated heterocycles. The third-order valence-electron chi connectivity index (χ3n) is 6.08. The molecule has 2 N–H and O–H groups in total. The summed E-state index contributed by atoms with van der Waals surface area (Å²) < 4.78 is 16.8. The largest absolute Gasteiger partial charge is 0.497 e. The molecule has 0 fully saturated rings. The predicted octanol–water partition coefficient (Wildman–Crippen LogP) is 4.44. The first kappa shape index (κ1) is 28.7. The van der Waals surface area contributed by atoms with Gasteiger partial charge < -0.3 is 19.5 Å². The van der Waals surface area contributed by atoms with Crippen LogP contribution in [-0.4, -0.2) is 58.3 Å². The van der Waals surface area contributed by atoms with Crippen LogP contribution in [0.2, 0.25) is 0 Å². The van der Waals surface area contributed by atoms with E-state index in [0.29, 0.717) is 51.7 Å². The standard InChI is InChI=1S/C30H38N2O4S/c1-34-28-16-14-27(15-17-28)30(25-9-4-2-5-10-25,26-11-6-3-7-12-26)32-19-21-36-23-22-35-20-18-31-29(33)13-8-24-37/h2-7,9-12,14-17,32,37H,8,13,18-24H2,1H3,(H,31,33). The van der Waals surface area contributed by atoms with Gasteiger partial charge in [-0.15, -0.1) is 0 Å². The molecule has 0 atom stereocenters. The van der Waals surface area contributed by atoms with Gasteiger partial charge in [0.2, 0.25) is 5.91 Å². The molecule has 37 heavy (non-hydrogen) atoms. The van der Waals surface area contributed by atoms with Crippen LogP contribution >= 0.6 is 12.6 Å². The first-order valence-electron chi connectivity index (χ1n) is 12.7. The summed E-state index contributed by atoms with van der Waals surface area (Å²) >= 11 is 4.12. The lowest BCUT2D eigenvalue weighted by Crippen LogP contribution is -2.46. The molecule has 3 aromatic carbocycles. The Hall–Kier alpha value is -2.84. The molecular weight excluding hydrogens is 484 g/mol. The van der Waals surface area contributed by atoms with Gasteiger partial charge in [0.25, 0.3) is 0 Å². The molecule has 0 heterocycles. The number of benzene rings is 3. The summed E-state index contributed by atoms with van der Waals surface area (Å²) in [6, 6.07) is 29.1. The van der Waals surface area contributed by atoms with Crippen molar-refractivity contribution >= 4 is 18.5 Å². The number of carbonyl (C=O) groups excluding carboxylic acids is 1. The Kier molecular flexibility index (Phi) is 12.5. The predicted molar refractivity (Wildman–Crippen MR) is 151 cm³/mol. The summed E-state index contributed by atoms with van der Waals surface area (Å²) in [5.74, 6) is 1.57. The molecule has 6 nitrogen and oxygen atoms in total. The van der Waals surface area contributed by atoms with E-state index in [4.69, 9.17) is 14.2 Å². The van der Waals surface area contributed by atoms with Gasteiger partial charge in [0.05, 0.1) is 39.1 Å². The van der Waals surface area contributed by atoms with Crippen LogP contribution in [0, 0.1) is 0 Å². The second kappa shape index (κ2) is 16.1. The molecule has 3 aromatic rings. The number of ether oxygens (including phenoxy) is 3. The van der Waals surface area contributed by atoms with Crippen LogP contribution in [-0.2, 0) is 19.8 Å². The number of rotatable bonds is 17. The zero-order valence-corrected chi connectivity index (χ0v) is 22.4. The average molecular weight is 523 g/mol. The van der Waals surface area contributed by atoms with Crippen molar-refractivity contribution in [1.29, 1.82) is 0 Å². The Labute approximate surface area is 226 Å². The molecule has 0 radical (unpaired) electrons. The zero-order valence-electron chi connectivity index (χ0n) is 21.5. The minimum Gasteiger partial charge on any atom is -0.497 e. The maximum atomic E-state index is 11.6. The molecule has 1 amide bonds. The highest BCUT2D eigenvalue weighted by molar-refractivity contribution is 7.80. The molecule has 0 aliphatic rings.